The van der Waals surface area contributed by atoms with Gasteiger partial charge >= 0.3 is 0 Å². The Labute approximate surface area is 122 Å². The molecule has 3 nitrogen and oxygen atoms in total. The van der Waals surface area contributed by atoms with E-state index in [1.807, 2.05) is 36.4 Å². The molecular weight excluding hydrogens is 260 g/mol. The van der Waals surface area contributed by atoms with Crippen LogP contribution >= 0.6 is 0 Å². The van der Waals surface area contributed by atoms with E-state index in [9.17, 15) is 10.1 Å². The molecule has 2 aromatic carbocycles. The van der Waals surface area contributed by atoms with Gasteiger partial charge in [0.2, 0.25) is 0 Å². The van der Waals surface area contributed by atoms with Gasteiger partial charge in [-0.3, -0.25) is 9.78 Å². The third kappa shape index (κ3) is 2.39. The normalized spacial score (nSPS) is 11.8. The van der Waals surface area contributed by atoms with Crippen LogP contribution in [0.5, 0.6) is 0 Å². The molecule has 0 aliphatic rings. The van der Waals surface area contributed by atoms with Gasteiger partial charge in [0.1, 0.15) is 0 Å². The molecule has 1 heterocycles. The number of carbonyl (C=O) groups is 1. The van der Waals surface area contributed by atoms with Crippen LogP contribution in [0.25, 0.3) is 10.8 Å². The van der Waals surface area contributed by atoms with Crippen molar-refractivity contribution in [2.75, 3.05) is 0 Å². The molecule has 3 rings (SSSR count). The molecule has 0 bridgehead atoms. The zero-order valence-electron chi connectivity index (χ0n) is 11.2. The topological polar surface area (TPSA) is 53.8 Å². The minimum Gasteiger partial charge on any atom is -0.292 e. The lowest BCUT2D eigenvalue weighted by molar-refractivity contribution is 0.0979. The summed E-state index contributed by atoms with van der Waals surface area (Å²) in [5.41, 5.74) is 1.04. The highest BCUT2D eigenvalue weighted by atomic mass is 16.1. The van der Waals surface area contributed by atoms with E-state index in [0.717, 1.165) is 10.8 Å². The summed E-state index contributed by atoms with van der Waals surface area (Å²) in [4.78, 5) is 16.9. The van der Waals surface area contributed by atoms with Gasteiger partial charge in [0.25, 0.3) is 0 Å². The SMILES string of the molecule is N#CC(C(=O)c1cccc2ccccc12)c1ccccn1. The zero-order valence-corrected chi connectivity index (χ0v) is 11.2. The molecule has 1 aromatic heterocycles. The lowest BCUT2D eigenvalue weighted by Gasteiger charge is -2.10. The lowest BCUT2D eigenvalue weighted by Crippen LogP contribution is -2.13. The number of Topliss-reactive ketones (excluding diaryl/α,β-unsaturated/α-hetero) is 1. The summed E-state index contributed by atoms with van der Waals surface area (Å²) >= 11 is 0. The number of nitrogens with zero attached hydrogens (tertiary/aromatic N) is 2. The minimum absolute atomic E-state index is 0.215. The Morgan fingerprint density at radius 3 is 2.52 bits per heavy atom. The number of hydrogen-bond acceptors (Lipinski definition) is 3. The fourth-order valence-electron chi connectivity index (χ4n) is 2.40. The Kier molecular flexibility index (Phi) is 3.44. The molecule has 3 aromatic rings. The number of pyridine rings is 1. The molecule has 0 amide bonds. The van der Waals surface area contributed by atoms with Gasteiger partial charge in [0.15, 0.2) is 11.7 Å². The summed E-state index contributed by atoms with van der Waals surface area (Å²) in [5, 5.41) is 11.2. The Morgan fingerprint density at radius 2 is 1.76 bits per heavy atom. The van der Waals surface area contributed by atoms with Crippen molar-refractivity contribution >= 4 is 16.6 Å². The first-order chi connectivity index (χ1) is 10.3. The minimum atomic E-state index is -0.878. The molecule has 0 radical (unpaired) electrons. The van der Waals surface area contributed by atoms with Gasteiger partial charge in [-0.1, -0.05) is 48.5 Å². The molecule has 1 atom stereocenters. The van der Waals surface area contributed by atoms with Gasteiger partial charge in [-0.05, 0) is 22.9 Å². The van der Waals surface area contributed by atoms with Crippen molar-refractivity contribution in [3.63, 3.8) is 0 Å². The molecule has 100 valence electrons. The first kappa shape index (κ1) is 13.0. The van der Waals surface area contributed by atoms with E-state index in [4.69, 9.17) is 0 Å². The van der Waals surface area contributed by atoms with Crippen LogP contribution in [-0.4, -0.2) is 10.8 Å². The van der Waals surface area contributed by atoms with Crippen molar-refractivity contribution in [1.82, 2.24) is 4.98 Å². The molecule has 0 aliphatic carbocycles. The van der Waals surface area contributed by atoms with Crippen LogP contribution in [0.3, 0.4) is 0 Å². The molecule has 3 heteroatoms. The van der Waals surface area contributed by atoms with Gasteiger partial charge in [0, 0.05) is 11.8 Å². The van der Waals surface area contributed by atoms with Crippen LogP contribution in [0.4, 0.5) is 0 Å². The van der Waals surface area contributed by atoms with E-state index in [1.54, 1.807) is 30.5 Å². The number of aromatic nitrogens is 1. The maximum absolute atomic E-state index is 12.7. The summed E-state index contributed by atoms with van der Waals surface area (Å²) < 4.78 is 0. The highest BCUT2D eigenvalue weighted by Crippen LogP contribution is 2.24. The lowest BCUT2D eigenvalue weighted by atomic mass is 9.92. The van der Waals surface area contributed by atoms with E-state index >= 15 is 0 Å². The summed E-state index contributed by atoms with van der Waals surface area (Å²) in [5.74, 6) is -1.09. The van der Waals surface area contributed by atoms with Crippen LogP contribution in [0.2, 0.25) is 0 Å². The van der Waals surface area contributed by atoms with Crippen LogP contribution in [0, 0.1) is 11.3 Å². The van der Waals surface area contributed by atoms with Crippen molar-refractivity contribution in [3.05, 3.63) is 78.1 Å². The molecule has 0 spiro atoms. The Hall–Kier alpha value is -2.99. The molecule has 0 fully saturated rings. The first-order valence-corrected chi connectivity index (χ1v) is 6.64. The van der Waals surface area contributed by atoms with Crippen LogP contribution < -0.4 is 0 Å². The highest BCUT2D eigenvalue weighted by Gasteiger charge is 2.24. The van der Waals surface area contributed by atoms with Crippen LogP contribution in [0.1, 0.15) is 22.0 Å². The van der Waals surface area contributed by atoms with E-state index in [2.05, 4.69) is 11.1 Å². The zero-order chi connectivity index (χ0) is 14.7. The average Bonchev–Trinajstić information content (AvgIpc) is 2.56. The smallest absolute Gasteiger partial charge is 0.186 e. The van der Waals surface area contributed by atoms with Gasteiger partial charge in [-0.25, -0.2) is 0 Å². The Morgan fingerprint density at radius 1 is 1.00 bits per heavy atom. The summed E-state index contributed by atoms with van der Waals surface area (Å²) in [6, 6.07) is 20.5. The van der Waals surface area contributed by atoms with E-state index in [-0.39, 0.29) is 5.78 Å². The molecule has 0 saturated carbocycles. The predicted octanol–water partition coefficient (Wildman–Crippen LogP) is 3.72. The van der Waals surface area contributed by atoms with Crippen molar-refractivity contribution in [3.8, 4) is 6.07 Å². The van der Waals surface area contributed by atoms with Gasteiger partial charge in [-0.15, -0.1) is 0 Å². The van der Waals surface area contributed by atoms with Crippen molar-refractivity contribution in [1.29, 1.82) is 5.26 Å². The third-order valence-electron chi connectivity index (χ3n) is 3.43. The van der Waals surface area contributed by atoms with E-state index < -0.39 is 5.92 Å². The first-order valence-electron chi connectivity index (χ1n) is 6.64. The van der Waals surface area contributed by atoms with Gasteiger partial charge < -0.3 is 0 Å². The second-order valence-electron chi connectivity index (χ2n) is 4.71. The molecule has 0 N–H and O–H groups in total. The Balaban J connectivity index is 2.10. The predicted molar refractivity (Wildman–Crippen MR) is 80.9 cm³/mol. The summed E-state index contributed by atoms with van der Waals surface area (Å²) in [6.45, 7) is 0. The number of fused-ring (bicyclic) bond motifs is 1. The van der Waals surface area contributed by atoms with E-state index in [1.165, 1.54) is 0 Å². The van der Waals surface area contributed by atoms with E-state index in [0.29, 0.717) is 11.3 Å². The van der Waals surface area contributed by atoms with Crippen LogP contribution in [0.15, 0.2) is 66.9 Å². The summed E-state index contributed by atoms with van der Waals surface area (Å²) in [6.07, 6.45) is 1.59. The standard InChI is InChI=1S/C18H12N2O/c19-12-16(17-10-3-4-11-20-17)18(21)15-9-5-7-13-6-1-2-8-14(13)15/h1-11,16H. The fraction of sp³-hybridized carbons (Fsp3) is 0.0556. The second-order valence-corrected chi connectivity index (χ2v) is 4.71. The molecule has 0 saturated heterocycles. The number of rotatable bonds is 3. The molecule has 1 unspecified atom stereocenters. The average molecular weight is 272 g/mol. The number of nitriles is 1. The van der Waals surface area contributed by atoms with Gasteiger partial charge in [-0.2, -0.15) is 5.26 Å². The number of carbonyl (C=O) groups excluding carboxylic acids is 1. The summed E-state index contributed by atoms with van der Waals surface area (Å²) in [7, 11) is 0. The second kappa shape index (κ2) is 5.56. The quantitative estimate of drug-likeness (QED) is 0.683. The number of benzene rings is 2. The van der Waals surface area contributed by atoms with Crippen molar-refractivity contribution < 1.29 is 4.79 Å². The molecule has 21 heavy (non-hydrogen) atoms. The molecular formula is C18H12N2O. The number of ketones is 1. The van der Waals surface area contributed by atoms with Crippen LogP contribution in [-0.2, 0) is 0 Å². The third-order valence-corrected chi connectivity index (χ3v) is 3.43. The fourth-order valence-corrected chi connectivity index (χ4v) is 2.40. The maximum Gasteiger partial charge on any atom is 0.186 e. The maximum atomic E-state index is 12.7. The molecule has 0 aliphatic heterocycles. The van der Waals surface area contributed by atoms with Crippen molar-refractivity contribution in [2.45, 2.75) is 5.92 Å². The largest absolute Gasteiger partial charge is 0.292 e. The Bertz CT molecular complexity index is 829. The van der Waals surface area contributed by atoms with Crippen molar-refractivity contribution in [2.24, 2.45) is 0 Å². The van der Waals surface area contributed by atoms with Gasteiger partial charge in [0.05, 0.1) is 11.8 Å². The highest BCUT2D eigenvalue weighted by molar-refractivity contribution is 6.11. The number of hydrogen-bond donors (Lipinski definition) is 0. The monoisotopic (exact) mass is 272 g/mol.